The first-order chi connectivity index (χ1) is 14.5. The van der Waals surface area contributed by atoms with Crippen molar-refractivity contribution < 1.29 is 24.4 Å². The fourth-order valence-corrected chi connectivity index (χ4v) is 4.01. The number of Topliss-reactive ketones (excluding diaryl/α,β-unsaturated/α-hetero) is 2. The van der Waals surface area contributed by atoms with Gasteiger partial charge in [0, 0.05) is 24.7 Å². The summed E-state index contributed by atoms with van der Waals surface area (Å²) in [6.07, 6.45) is 1.58. The summed E-state index contributed by atoms with van der Waals surface area (Å²) in [6, 6.07) is 13.2. The van der Waals surface area contributed by atoms with Gasteiger partial charge in [-0.05, 0) is 18.9 Å². The van der Waals surface area contributed by atoms with Crippen molar-refractivity contribution in [2.45, 2.75) is 31.4 Å². The van der Waals surface area contributed by atoms with Crippen molar-refractivity contribution in [2.75, 3.05) is 11.5 Å². The van der Waals surface area contributed by atoms with Crippen LogP contribution >= 0.6 is 0 Å². The van der Waals surface area contributed by atoms with Crippen LogP contribution in [0.1, 0.15) is 24.8 Å². The Hall–Kier alpha value is -3.52. The van der Waals surface area contributed by atoms with Crippen LogP contribution in [0.4, 0.5) is 11.4 Å². The molecule has 4 rings (SSSR count). The molecule has 0 aliphatic carbocycles. The van der Waals surface area contributed by atoms with Gasteiger partial charge in [0.25, 0.3) is 11.5 Å². The number of hydrogen-bond acceptors (Lipinski definition) is 7. The van der Waals surface area contributed by atoms with Crippen molar-refractivity contribution in [3.63, 3.8) is 0 Å². The first kappa shape index (κ1) is 19.8. The maximum atomic E-state index is 12.9. The van der Waals surface area contributed by atoms with E-state index in [-0.39, 0.29) is 35.4 Å². The second kappa shape index (κ2) is 8.08. The number of nitrogens with zero attached hydrogens (tertiary/aromatic N) is 2. The molecule has 0 spiro atoms. The molecule has 2 unspecified atom stereocenters. The molecule has 2 saturated heterocycles. The second-order valence-corrected chi connectivity index (χ2v) is 7.26. The number of benzene rings is 2. The van der Waals surface area contributed by atoms with Gasteiger partial charge in [-0.25, -0.2) is 0 Å². The molecule has 2 atom stereocenters. The molecule has 0 aromatic heterocycles. The standard InChI is InChI=1S/C22H20N2O6/c25-20(14-7-2-1-3-8-14)19-22(27)21(26)18(13-15-9-6-12-30-15)23(19)16-10-4-5-11-17(16)24(28)29/h1-5,7-8,10-11,15,18,25H,6,9,12-13H2/b20-19-. The minimum Gasteiger partial charge on any atom is -0.505 e. The fourth-order valence-electron chi connectivity index (χ4n) is 4.01. The predicted octanol–water partition coefficient (Wildman–Crippen LogP) is 3.42. The Morgan fingerprint density at radius 3 is 2.50 bits per heavy atom. The molecule has 2 aliphatic rings. The number of hydrogen-bond donors (Lipinski definition) is 1. The third kappa shape index (κ3) is 3.46. The van der Waals surface area contributed by atoms with E-state index in [1.807, 2.05) is 0 Å². The topological polar surface area (TPSA) is 110 Å². The van der Waals surface area contributed by atoms with E-state index in [1.165, 1.54) is 23.1 Å². The van der Waals surface area contributed by atoms with E-state index in [0.717, 1.165) is 12.8 Å². The van der Waals surface area contributed by atoms with Gasteiger partial charge in [-0.1, -0.05) is 42.5 Å². The van der Waals surface area contributed by atoms with E-state index in [1.54, 1.807) is 36.4 Å². The SMILES string of the molecule is O=C1C(=O)C(CC2CCCO2)N(c2ccccc2[N+](=O)[O-])/C1=C(\O)c1ccccc1. The maximum absolute atomic E-state index is 12.9. The number of nitro benzene ring substituents is 1. The number of aliphatic hydroxyl groups excluding tert-OH is 1. The Labute approximate surface area is 172 Å². The number of anilines is 1. The molecule has 2 aliphatic heterocycles. The zero-order valence-corrected chi connectivity index (χ0v) is 16.1. The van der Waals surface area contributed by atoms with Gasteiger partial charge in [0.2, 0.25) is 5.78 Å². The summed E-state index contributed by atoms with van der Waals surface area (Å²) in [5, 5.41) is 22.6. The Morgan fingerprint density at radius 1 is 1.13 bits per heavy atom. The van der Waals surface area contributed by atoms with Gasteiger partial charge < -0.3 is 14.7 Å². The highest BCUT2D eigenvalue weighted by atomic mass is 16.6. The lowest BCUT2D eigenvalue weighted by Gasteiger charge is -2.27. The minimum atomic E-state index is -0.984. The van der Waals surface area contributed by atoms with Crippen LogP contribution in [0.15, 0.2) is 60.3 Å². The fraction of sp³-hybridized carbons (Fsp3) is 0.273. The molecule has 0 saturated carbocycles. The van der Waals surface area contributed by atoms with Gasteiger partial charge in [0.1, 0.15) is 17.4 Å². The summed E-state index contributed by atoms with van der Waals surface area (Å²) < 4.78 is 5.64. The van der Waals surface area contributed by atoms with Gasteiger partial charge >= 0.3 is 0 Å². The lowest BCUT2D eigenvalue weighted by atomic mass is 10.0. The van der Waals surface area contributed by atoms with Crippen LogP contribution in [0.5, 0.6) is 0 Å². The summed E-state index contributed by atoms with van der Waals surface area (Å²) in [5.41, 5.74) is -0.0728. The number of carbonyl (C=O) groups excluding carboxylic acids is 2. The number of allylic oxidation sites excluding steroid dienone is 1. The molecule has 0 radical (unpaired) electrons. The van der Waals surface area contributed by atoms with Crippen LogP contribution in [-0.4, -0.2) is 40.3 Å². The van der Waals surface area contributed by atoms with Gasteiger partial charge in [-0.2, -0.15) is 0 Å². The normalized spacial score (nSPS) is 23.1. The molecule has 2 fully saturated rings. The van der Waals surface area contributed by atoms with E-state index < -0.39 is 22.5 Å². The highest BCUT2D eigenvalue weighted by molar-refractivity contribution is 6.51. The first-order valence-electron chi connectivity index (χ1n) is 9.70. The molecule has 0 bridgehead atoms. The van der Waals surface area contributed by atoms with Gasteiger partial charge in [-0.3, -0.25) is 19.7 Å². The van der Waals surface area contributed by atoms with Crippen molar-refractivity contribution in [3.8, 4) is 0 Å². The molecule has 2 aromatic carbocycles. The highest BCUT2D eigenvalue weighted by Gasteiger charge is 2.48. The van der Waals surface area contributed by atoms with Crippen LogP contribution in [0.25, 0.3) is 5.76 Å². The third-order valence-corrected chi connectivity index (χ3v) is 5.41. The minimum absolute atomic E-state index is 0.0854. The number of aliphatic hydroxyl groups is 1. The number of para-hydroxylation sites is 2. The van der Waals surface area contributed by atoms with Crippen LogP contribution in [0.2, 0.25) is 0 Å². The predicted molar refractivity (Wildman–Crippen MR) is 109 cm³/mol. The Morgan fingerprint density at radius 2 is 1.83 bits per heavy atom. The molecule has 8 heteroatoms. The quantitative estimate of drug-likeness (QED) is 0.265. The zero-order valence-electron chi connectivity index (χ0n) is 16.1. The largest absolute Gasteiger partial charge is 0.505 e. The van der Waals surface area contributed by atoms with Crippen LogP contribution in [-0.2, 0) is 14.3 Å². The van der Waals surface area contributed by atoms with E-state index in [9.17, 15) is 24.8 Å². The lowest BCUT2D eigenvalue weighted by Crippen LogP contribution is -2.36. The number of ketones is 2. The summed E-state index contributed by atoms with van der Waals surface area (Å²) in [7, 11) is 0. The van der Waals surface area contributed by atoms with E-state index >= 15 is 0 Å². The molecule has 8 nitrogen and oxygen atoms in total. The summed E-state index contributed by atoms with van der Waals surface area (Å²) >= 11 is 0. The van der Waals surface area contributed by atoms with Gasteiger partial charge in [-0.15, -0.1) is 0 Å². The second-order valence-electron chi connectivity index (χ2n) is 7.26. The molecular formula is C22H20N2O6. The number of ether oxygens (including phenoxy) is 1. The molecule has 30 heavy (non-hydrogen) atoms. The van der Waals surface area contributed by atoms with Crippen molar-refractivity contribution in [2.24, 2.45) is 0 Å². The first-order valence-corrected chi connectivity index (χ1v) is 9.70. The highest BCUT2D eigenvalue weighted by Crippen LogP contribution is 2.40. The lowest BCUT2D eigenvalue weighted by molar-refractivity contribution is -0.384. The maximum Gasteiger partial charge on any atom is 0.292 e. The summed E-state index contributed by atoms with van der Waals surface area (Å²) in [5.74, 6) is -1.96. The third-order valence-electron chi connectivity index (χ3n) is 5.41. The molecule has 2 heterocycles. The Kier molecular flexibility index (Phi) is 5.33. The van der Waals surface area contributed by atoms with E-state index in [0.29, 0.717) is 12.2 Å². The zero-order chi connectivity index (χ0) is 21.3. The summed E-state index contributed by atoms with van der Waals surface area (Å²) in [6.45, 7) is 0.572. The number of carbonyl (C=O) groups is 2. The van der Waals surface area contributed by atoms with E-state index in [4.69, 9.17) is 4.74 Å². The van der Waals surface area contributed by atoms with Gasteiger partial charge in [0.05, 0.1) is 11.0 Å². The molecule has 0 amide bonds. The van der Waals surface area contributed by atoms with Crippen LogP contribution in [0.3, 0.4) is 0 Å². The van der Waals surface area contributed by atoms with Crippen LogP contribution < -0.4 is 4.90 Å². The number of rotatable bonds is 5. The Balaban J connectivity index is 1.89. The van der Waals surface area contributed by atoms with Gasteiger partial charge in [0.15, 0.2) is 5.76 Å². The molecule has 154 valence electrons. The van der Waals surface area contributed by atoms with Crippen molar-refractivity contribution >= 4 is 28.7 Å². The van der Waals surface area contributed by atoms with E-state index in [2.05, 4.69) is 0 Å². The van der Waals surface area contributed by atoms with Crippen LogP contribution in [0, 0.1) is 10.1 Å². The molecular weight excluding hydrogens is 388 g/mol. The van der Waals surface area contributed by atoms with Crippen molar-refractivity contribution in [3.05, 3.63) is 76.0 Å². The average Bonchev–Trinajstić information content (AvgIpc) is 3.36. The Bertz CT molecular complexity index is 1030. The number of nitro groups is 1. The summed E-state index contributed by atoms with van der Waals surface area (Å²) in [4.78, 5) is 38.3. The smallest absolute Gasteiger partial charge is 0.292 e. The monoisotopic (exact) mass is 408 g/mol. The van der Waals surface area contributed by atoms with Crippen molar-refractivity contribution in [1.29, 1.82) is 0 Å². The van der Waals surface area contributed by atoms with Crippen molar-refractivity contribution in [1.82, 2.24) is 0 Å². The average molecular weight is 408 g/mol. The molecule has 1 N–H and O–H groups in total. The molecule has 2 aromatic rings.